The third-order valence-corrected chi connectivity index (χ3v) is 1.45. The van der Waals surface area contributed by atoms with E-state index >= 15 is 0 Å². The first-order valence-corrected chi connectivity index (χ1v) is 4.86. The molecule has 5 heteroatoms. The predicted octanol–water partition coefficient (Wildman–Crippen LogP) is 0.962. The lowest BCUT2D eigenvalue weighted by atomic mass is 10.4. The molecule has 5 nitrogen and oxygen atoms in total. The highest BCUT2D eigenvalue weighted by Gasteiger charge is 2.02. The summed E-state index contributed by atoms with van der Waals surface area (Å²) in [5.41, 5.74) is 0. The maximum Gasteiger partial charge on any atom is 0.311 e. The molecule has 0 radical (unpaired) electrons. The lowest BCUT2D eigenvalue weighted by Gasteiger charge is -2.05. The lowest BCUT2D eigenvalue weighted by Crippen LogP contribution is -2.13. The Labute approximate surface area is 89.5 Å². The van der Waals surface area contributed by atoms with Gasteiger partial charge in [-0.25, -0.2) is 0 Å². The standard InChI is InChI=1S/C10H17NO4/c1-4-14-10(13)5-6-11-8(2)7-15-9(3)12/h6,8H,4-5,7H2,1-3H3. The van der Waals surface area contributed by atoms with Crippen LogP contribution in [0.4, 0.5) is 0 Å². The average molecular weight is 215 g/mol. The fraction of sp³-hybridized carbons (Fsp3) is 0.700. The second-order valence-corrected chi connectivity index (χ2v) is 2.99. The second-order valence-electron chi connectivity index (χ2n) is 2.99. The van der Waals surface area contributed by atoms with Gasteiger partial charge in [0.1, 0.15) is 6.61 Å². The maximum absolute atomic E-state index is 10.9. The molecule has 1 unspecified atom stereocenters. The Hall–Kier alpha value is -1.39. The average Bonchev–Trinajstić information content (AvgIpc) is 2.15. The van der Waals surface area contributed by atoms with Crippen LogP contribution in [0.1, 0.15) is 27.2 Å². The van der Waals surface area contributed by atoms with E-state index in [0.29, 0.717) is 6.61 Å². The fourth-order valence-electron chi connectivity index (χ4n) is 0.808. The monoisotopic (exact) mass is 215 g/mol. The molecule has 0 spiro atoms. The minimum Gasteiger partial charge on any atom is -0.466 e. The Balaban J connectivity index is 3.66. The van der Waals surface area contributed by atoms with E-state index in [2.05, 4.69) is 4.99 Å². The van der Waals surface area contributed by atoms with Crippen LogP contribution in [0.15, 0.2) is 4.99 Å². The van der Waals surface area contributed by atoms with Gasteiger partial charge in [-0.05, 0) is 13.8 Å². The number of ether oxygens (including phenoxy) is 2. The number of carbonyl (C=O) groups is 2. The van der Waals surface area contributed by atoms with Crippen LogP contribution in [0.5, 0.6) is 0 Å². The number of hydrogen-bond donors (Lipinski definition) is 0. The Kier molecular flexibility index (Phi) is 7.23. The van der Waals surface area contributed by atoms with Gasteiger partial charge in [0.05, 0.1) is 19.1 Å². The number of aliphatic imine (C=N–C) groups is 1. The van der Waals surface area contributed by atoms with Crippen LogP contribution >= 0.6 is 0 Å². The Morgan fingerprint density at radius 1 is 1.40 bits per heavy atom. The number of esters is 2. The van der Waals surface area contributed by atoms with Crippen LogP contribution < -0.4 is 0 Å². The number of nitrogens with zero attached hydrogens (tertiary/aromatic N) is 1. The number of rotatable bonds is 6. The van der Waals surface area contributed by atoms with Crippen molar-refractivity contribution in [1.82, 2.24) is 0 Å². The van der Waals surface area contributed by atoms with Crippen LogP contribution in [0.2, 0.25) is 0 Å². The molecule has 0 aromatic rings. The van der Waals surface area contributed by atoms with Crippen LogP contribution in [0.3, 0.4) is 0 Å². The molecular weight excluding hydrogens is 198 g/mol. The molecule has 0 heterocycles. The minimum absolute atomic E-state index is 0.136. The first kappa shape index (κ1) is 13.6. The summed E-state index contributed by atoms with van der Waals surface area (Å²) in [6.07, 6.45) is 1.63. The third-order valence-electron chi connectivity index (χ3n) is 1.45. The molecule has 0 fully saturated rings. The van der Waals surface area contributed by atoms with Crippen LogP contribution in [0, 0.1) is 0 Å². The fourth-order valence-corrected chi connectivity index (χ4v) is 0.808. The molecule has 0 amide bonds. The van der Waals surface area contributed by atoms with Crippen LogP contribution in [-0.2, 0) is 19.1 Å². The molecule has 1 atom stereocenters. The normalized spacial score (nSPS) is 12.5. The molecule has 0 aliphatic rings. The van der Waals surface area contributed by atoms with Crippen molar-refractivity contribution in [3.63, 3.8) is 0 Å². The molecule has 0 aliphatic carbocycles. The van der Waals surface area contributed by atoms with Gasteiger partial charge in [0.2, 0.25) is 0 Å². The molecule has 0 saturated heterocycles. The topological polar surface area (TPSA) is 65.0 Å². The van der Waals surface area contributed by atoms with E-state index < -0.39 is 0 Å². The summed E-state index contributed by atoms with van der Waals surface area (Å²) in [5, 5.41) is 0. The van der Waals surface area contributed by atoms with E-state index in [9.17, 15) is 9.59 Å². The van der Waals surface area contributed by atoms with Crippen molar-refractivity contribution < 1.29 is 19.1 Å². The van der Waals surface area contributed by atoms with Gasteiger partial charge in [-0.1, -0.05) is 0 Å². The highest BCUT2D eigenvalue weighted by molar-refractivity contribution is 5.85. The first-order valence-electron chi connectivity index (χ1n) is 4.86. The van der Waals surface area contributed by atoms with Gasteiger partial charge >= 0.3 is 11.9 Å². The van der Waals surface area contributed by atoms with Crippen molar-refractivity contribution in [2.45, 2.75) is 33.2 Å². The molecular formula is C10H17NO4. The quantitative estimate of drug-likeness (QED) is 0.489. The minimum atomic E-state index is -0.331. The van der Waals surface area contributed by atoms with E-state index in [-0.39, 0.29) is 31.0 Å². The molecule has 0 rings (SSSR count). The number of hydrogen-bond acceptors (Lipinski definition) is 5. The summed E-state index contributed by atoms with van der Waals surface area (Å²) < 4.78 is 9.45. The smallest absolute Gasteiger partial charge is 0.311 e. The molecule has 15 heavy (non-hydrogen) atoms. The Morgan fingerprint density at radius 3 is 2.60 bits per heavy atom. The molecule has 86 valence electrons. The van der Waals surface area contributed by atoms with Gasteiger partial charge in [0.25, 0.3) is 0 Å². The van der Waals surface area contributed by atoms with Crippen molar-refractivity contribution in [2.75, 3.05) is 13.2 Å². The Bertz CT molecular complexity index is 238. The summed E-state index contributed by atoms with van der Waals surface area (Å²) in [4.78, 5) is 25.4. The summed E-state index contributed by atoms with van der Waals surface area (Å²) in [7, 11) is 0. The summed E-state index contributed by atoms with van der Waals surface area (Å²) >= 11 is 0. The van der Waals surface area contributed by atoms with Crippen molar-refractivity contribution in [3.05, 3.63) is 0 Å². The number of carbonyl (C=O) groups excluding carboxylic acids is 2. The molecule has 0 aromatic heterocycles. The van der Waals surface area contributed by atoms with Crippen molar-refractivity contribution in [3.8, 4) is 0 Å². The van der Waals surface area contributed by atoms with E-state index in [1.807, 2.05) is 0 Å². The van der Waals surface area contributed by atoms with E-state index in [1.165, 1.54) is 13.1 Å². The van der Waals surface area contributed by atoms with Crippen molar-refractivity contribution in [1.29, 1.82) is 0 Å². The zero-order chi connectivity index (χ0) is 11.7. The molecule has 0 aliphatic heterocycles. The van der Waals surface area contributed by atoms with Gasteiger partial charge < -0.3 is 9.47 Å². The summed E-state index contributed by atoms with van der Waals surface area (Å²) in [5.74, 6) is -0.636. The third kappa shape index (κ3) is 8.93. The molecule has 0 saturated carbocycles. The SMILES string of the molecule is CCOC(=O)CC=NC(C)COC(C)=O. The molecule has 0 bridgehead atoms. The first-order chi connectivity index (χ1) is 7.06. The van der Waals surface area contributed by atoms with Gasteiger partial charge in [-0.15, -0.1) is 0 Å². The zero-order valence-electron chi connectivity index (χ0n) is 9.36. The van der Waals surface area contributed by atoms with Crippen molar-refractivity contribution in [2.24, 2.45) is 4.99 Å². The summed E-state index contributed by atoms with van der Waals surface area (Å²) in [6.45, 7) is 5.49. The highest BCUT2D eigenvalue weighted by Crippen LogP contribution is 1.92. The molecule has 0 N–H and O–H groups in total. The van der Waals surface area contributed by atoms with E-state index in [0.717, 1.165) is 0 Å². The van der Waals surface area contributed by atoms with Crippen LogP contribution in [0.25, 0.3) is 0 Å². The zero-order valence-corrected chi connectivity index (χ0v) is 9.36. The Morgan fingerprint density at radius 2 is 2.07 bits per heavy atom. The lowest BCUT2D eigenvalue weighted by molar-refractivity contribution is -0.142. The highest BCUT2D eigenvalue weighted by atomic mass is 16.5. The largest absolute Gasteiger partial charge is 0.466 e. The molecule has 0 aromatic carbocycles. The predicted molar refractivity (Wildman–Crippen MR) is 55.8 cm³/mol. The van der Waals surface area contributed by atoms with Crippen LogP contribution in [-0.4, -0.2) is 37.4 Å². The van der Waals surface area contributed by atoms with Gasteiger partial charge in [-0.2, -0.15) is 0 Å². The maximum atomic E-state index is 10.9. The summed E-state index contributed by atoms with van der Waals surface area (Å²) in [6, 6.07) is -0.136. The van der Waals surface area contributed by atoms with E-state index in [4.69, 9.17) is 9.47 Å². The van der Waals surface area contributed by atoms with E-state index in [1.54, 1.807) is 13.8 Å². The van der Waals surface area contributed by atoms with Gasteiger partial charge in [0.15, 0.2) is 0 Å². The second kappa shape index (κ2) is 7.96. The van der Waals surface area contributed by atoms with Gasteiger partial charge in [0, 0.05) is 13.1 Å². The van der Waals surface area contributed by atoms with Gasteiger partial charge in [-0.3, -0.25) is 14.6 Å². The van der Waals surface area contributed by atoms with Crippen molar-refractivity contribution >= 4 is 18.2 Å².